The largest absolute Gasteiger partial charge is 0.481 e. The summed E-state index contributed by atoms with van der Waals surface area (Å²) in [6.45, 7) is 6.29. The van der Waals surface area contributed by atoms with E-state index >= 15 is 0 Å². The molecule has 2 aliphatic rings. The molecule has 2 aliphatic heterocycles. The van der Waals surface area contributed by atoms with E-state index in [4.69, 9.17) is 11.6 Å². The lowest BCUT2D eigenvalue weighted by molar-refractivity contribution is -0.142. The van der Waals surface area contributed by atoms with Gasteiger partial charge in [-0.3, -0.25) is 14.5 Å². The van der Waals surface area contributed by atoms with E-state index in [1.165, 1.54) is 0 Å². The zero-order valence-corrected chi connectivity index (χ0v) is 15.2. The van der Waals surface area contributed by atoms with E-state index in [9.17, 15) is 14.7 Å². The molecule has 2 saturated heterocycles. The Balaban J connectivity index is 1.50. The minimum atomic E-state index is -0.766. The standard InChI is InChI=1S/C18H24ClN3O3/c1-13-10-20(11-16(13)18(24)25)12-17(23)22-7-5-21(6-8-22)15-4-2-3-14(19)9-15/h2-4,9,13,16H,5-8,10-12H2,1H3,(H,24,25)/t13-,16-/m1/s1. The van der Waals surface area contributed by atoms with Gasteiger partial charge in [-0.05, 0) is 24.1 Å². The Hall–Kier alpha value is -1.79. The Morgan fingerprint density at radius 2 is 1.92 bits per heavy atom. The van der Waals surface area contributed by atoms with Gasteiger partial charge >= 0.3 is 5.97 Å². The molecule has 3 rings (SSSR count). The SMILES string of the molecule is C[C@@H]1CN(CC(=O)N2CCN(c3cccc(Cl)c3)CC2)C[C@H]1C(=O)O. The van der Waals surface area contributed by atoms with Gasteiger partial charge in [0, 0.05) is 50.0 Å². The quantitative estimate of drug-likeness (QED) is 0.878. The highest BCUT2D eigenvalue weighted by atomic mass is 35.5. The molecule has 0 saturated carbocycles. The second-order valence-corrected chi connectivity index (χ2v) is 7.40. The molecule has 25 heavy (non-hydrogen) atoms. The fraction of sp³-hybridized carbons (Fsp3) is 0.556. The highest BCUT2D eigenvalue weighted by molar-refractivity contribution is 6.30. The van der Waals surface area contributed by atoms with Crippen LogP contribution in [0.1, 0.15) is 6.92 Å². The van der Waals surface area contributed by atoms with Crippen LogP contribution in [0.2, 0.25) is 5.02 Å². The average Bonchev–Trinajstić information content (AvgIpc) is 2.95. The summed E-state index contributed by atoms with van der Waals surface area (Å²) in [5.41, 5.74) is 1.08. The summed E-state index contributed by atoms with van der Waals surface area (Å²) in [5, 5.41) is 9.92. The van der Waals surface area contributed by atoms with Gasteiger partial charge in [-0.2, -0.15) is 0 Å². The summed E-state index contributed by atoms with van der Waals surface area (Å²) in [6.07, 6.45) is 0. The maximum absolute atomic E-state index is 12.5. The third kappa shape index (κ3) is 4.25. The van der Waals surface area contributed by atoms with Crippen LogP contribution < -0.4 is 4.90 Å². The molecule has 1 aromatic carbocycles. The number of amides is 1. The maximum Gasteiger partial charge on any atom is 0.308 e. The van der Waals surface area contributed by atoms with Crippen LogP contribution in [-0.2, 0) is 9.59 Å². The zero-order chi connectivity index (χ0) is 18.0. The van der Waals surface area contributed by atoms with Crippen LogP contribution in [0.15, 0.2) is 24.3 Å². The van der Waals surface area contributed by atoms with Crippen LogP contribution in [-0.4, -0.2) is 72.6 Å². The number of halogens is 1. The van der Waals surface area contributed by atoms with Gasteiger partial charge in [-0.25, -0.2) is 0 Å². The van der Waals surface area contributed by atoms with Crippen LogP contribution in [0.3, 0.4) is 0 Å². The van der Waals surface area contributed by atoms with E-state index in [1.54, 1.807) is 0 Å². The fourth-order valence-corrected chi connectivity index (χ4v) is 3.88. The van der Waals surface area contributed by atoms with Gasteiger partial charge in [-0.15, -0.1) is 0 Å². The molecule has 0 aliphatic carbocycles. The Morgan fingerprint density at radius 3 is 2.52 bits per heavy atom. The van der Waals surface area contributed by atoms with Crippen molar-refractivity contribution in [2.45, 2.75) is 6.92 Å². The smallest absolute Gasteiger partial charge is 0.308 e. The zero-order valence-electron chi connectivity index (χ0n) is 14.4. The third-order valence-corrected chi connectivity index (χ3v) is 5.40. The van der Waals surface area contributed by atoms with Crippen molar-refractivity contribution in [3.05, 3.63) is 29.3 Å². The summed E-state index contributed by atoms with van der Waals surface area (Å²) in [7, 11) is 0. The minimum absolute atomic E-state index is 0.0870. The van der Waals surface area contributed by atoms with E-state index in [0.29, 0.717) is 37.7 Å². The lowest BCUT2D eigenvalue weighted by Gasteiger charge is -2.36. The number of carbonyl (C=O) groups excluding carboxylic acids is 1. The van der Waals surface area contributed by atoms with Gasteiger partial charge in [0.2, 0.25) is 5.91 Å². The number of nitrogens with zero attached hydrogens (tertiary/aromatic N) is 3. The monoisotopic (exact) mass is 365 g/mol. The van der Waals surface area contributed by atoms with E-state index < -0.39 is 5.97 Å². The van der Waals surface area contributed by atoms with Crippen molar-refractivity contribution in [1.29, 1.82) is 0 Å². The molecule has 0 radical (unpaired) electrons. The Labute approximate surface area is 152 Å². The number of piperazine rings is 1. The molecule has 6 nitrogen and oxygen atoms in total. The van der Waals surface area contributed by atoms with Crippen molar-refractivity contribution in [3.63, 3.8) is 0 Å². The number of benzene rings is 1. The number of hydrogen-bond acceptors (Lipinski definition) is 4. The molecular formula is C18H24ClN3O3. The molecule has 2 heterocycles. The summed E-state index contributed by atoms with van der Waals surface area (Å²) in [4.78, 5) is 29.8. The molecule has 0 spiro atoms. The van der Waals surface area contributed by atoms with Gasteiger partial charge in [0.05, 0.1) is 12.5 Å². The Bertz CT molecular complexity index is 646. The highest BCUT2D eigenvalue weighted by Crippen LogP contribution is 2.24. The number of carboxylic acid groups (broad SMARTS) is 1. The lowest BCUT2D eigenvalue weighted by atomic mass is 9.99. The van der Waals surface area contributed by atoms with Crippen LogP contribution in [0.25, 0.3) is 0 Å². The van der Waals surface area contributed by atoms with E-state index in [-0.39, 0.29) is 17.7 Å². The Morgan fingerprint density at radius 1 is 1.20 bits per heavy atom. The number of aliphatic carboxylic acids is 1. The summed E-state index contributed by atoms with van der Waals surface area (Å²) in [5.74, 6) is -0.959. The number of hydrogen-bond donors (Lipinski definition) is 1. The van der Waals surface area contributed by atoms with E-state index in [0.717, 1.165) is 18.8 Å². The fourth-order valence-electron chi connectivity index (χ4n) is 3.70. The number of carbonyl (C=O) groups is 2. The van der Waals surface area contributed by atoms with E-state index in [1.807, 2.05) is 41.0 Å². The summed E-state index contributed by atoms with van der Waals surface area (Å²) in [6, 6.07) is 7.76. The molecule has 2 atom stereocenters. The lowest BCUT2D eigenvalue weighted by Crippen LogP contribution is -2.51. The number of rotatable bonds is 4. The van der Waals surface area contributed by atoms with E-state index in [2.05, 4.69) is 4.90 Å². The van der Waals surface area contributed by atoms with Crippen LogP contribution >= 0.6 is 11.6 Å². The number of likely N-dealkylation sites (tertiary alicyclic amines) is 1. The first-order chi connectivity index (χ1) is 11.9. The van der Waals surface area contributed by atoms with Gasteiger partial charge < -0.3 is 14.9 Å². The summed E-state index contributed by atoms with van der Waals surface area (Å²) < 4.78 is 0. The highest BCUT2D eigenvalue weighted by Gasteiger charge is 2.36. The van der Waals surface area contributed by atoms with Crippen molar-refractivity contribution in [2.75, 3.05) is 50.7 Å². The van der Waals surface area contributed by atoms with Gasteiger partial charge in [0.15, 0.2) is 0 Å². The number of carboxylic acids is 1. The topological polar surface area (TPSA) is 64.1 Å². The number of anilines is 1. The first kappa shape index (κ1) is 18.0. The molecule has 0 unspecified atom stereocenters. The third-order valence-electron chi connectivity index (χ3n) is 5.17. The normalized spacial score (nSPS) is 24.6. The van der Waals surface area contributed by atoms with Crippen molar-refractivity contribution >= 4 is 29.2 Å². The predicted molar refractivity (Wildman–Crippen MR) is 97.0 cm³/mol. The van der Waals surface area contributed by atoms with Crippen molar-refractivity contribution < 1.29 is 14.7 Å². The maximum atomic E-state index is 12.5. The summed E-state index contributed by atoms with van der Waals surface area (Å²) >= 11 is 6.05. The second-order valence-electron chi connectivity index (χ2n) is 6.96. The molecule has 7 heteroatoms. The molecular weight excluding hydrogens is 342 g/mol. The van der Waals surface area contributed by atoms with Crippen LogP contribution in [0.4, 0.5) is 5.69 Å². The molecule has 1 amide bonds. The average molecular weight is 366 g/mol. The van der Waals surface area contributed by atoms with Gasteiger partial charge in [0.1, 0.15) is 0 Å². The molecule has 0 aromatic heterocycles. The van der Waals surface area contributed by atoms with Gasteiger partial charge in [-0.1, -0.05) is 24.6 Å². The van der Waals surface area contributed by atoms with Crippen molar-refractivity contribution in [1.82, 2.24) is 9.80 Å². The first-order valence-corrected chi connectivity index (χ1v) is 9.05. The molecule has 2 fully saturated rings. The Kier molecular flexibility index (Phi) is 5.49. The van der Waals surface area contributed by atoms with Crippen LogP contribution in [0.5, 0.6) is 0 Å². The molecule has 1 aromatic rings. The minimum Gasteiger partial charge on any atom is -0.481 e. The van der Waals surface area contributed by atoms with Crippen LogP contribution in [0, 0.1) is 11.8 Å². The predicted octanol–water partition coefficient (Wildman–Crippen LogP) is 1.64. The van der Waals surface area contributed by atoms with Gasteiger partial charge in [0.25, 0.3) is 0 Å². The van der Waals surface area contributed by atoms with Crippen molar-refractivity contribution in [3.8, 4) is 0 Å². The second kappa shape index (κ2) is 7.62. The van der Waals surface area contributed by atoms with Crippen molar-refractivity contribution in [2.24, 2.45) is 11.8 Å². The molecule has 136 valence electrons. The molecule has 0 bridgehead atoms. The molecule has 1 N–H and O–H groups in total. The first-order valence-electron chi connectivity index (χ1n) is 8.67.